The molecule has 0 heterocycles. The second kappa shape index (κ2) is 9.94. The number of hydrogen-bond donors (Lipinski definition) is 1. The number of nitrogens with one attached hydrogen (secondary N) is 1. The van der Waals surface area contributed by atoms with E-state index in [2.05, 4.69) is 5.32 Å². The Hall–Kier alpha value is -2.90. The summed E-state index contributed by atoms with van der Waals surface area (Å²) in [6, 6.07) is 18.8. The lowest BCUT2D eigenvalue weighted by atomic mass is 10.1. The Morgan fingerprint density at radius 2 is 1.65 bits per heavy atom. The first kappa shape index (κ1) is 22.8. The van der Waals surface area contributed by atoms with E-state index in [4.69, 9.17) is 11.6 Å². The highest BCUT2D eigenvalue weighted by atomic mass is 35.5. The van der Waals surface area contributed by atoms with Crippen molar-refractivity contribution >= 4 is 33.2 Å². The number of sulfonamides is 1. The molecule has 0 bridgehead atoms. The van der Waals surface area contributed by atoms with Gasteiger partial charge in [0.1, 0.15) is 12.4 Å². The molecule has 0 radical (unpaired) electrons. The Morgan fingerprint density at radius 3 is 2.29 bits per heavy atom. The largest absolute Gasteiger partial charge is 0.354 e. The van der Waals surface area contributed by atoms with E-state index in [9.17, 15) is 17.6 Å². The molecule has 0 atom stereocenters. The van der Waals surface area contributed by atoms with Gasteiger partial charge in [-0.1, -0.05) is 53.6 Å². The number of carbonyl (C=O) groups excluding carboxylic acids is 1. The summed E-state index contributed by atoms with van der Waals surface area (Å²) in [5, 5.41) is 2.94. The number of aryl methyl sites for hydroxylation is 1. The molecule has 1 amide bonds. The topological polar surface area (TPSA) is 66.5 Å². The van der Waals surface area contributed by atoms with Crippen LogP contribution in [-0.4, -0.2) is 27.4 Å². The van der Waals surface area contributed by atoms with Crippen LogP contribution in [-0.2, 0) is 21.2 Å². The van der Waals surface area contributed by atoms with Crippen molar-refractivity contribution in [2.45, 2.75) is 18.2 Å². The summed E-state index contributed by atoms with van der Waals surface area (Å²) in [5.41, 5.74) is 2.00. The number of anilines is 1. The van der Waals surface area contributed by atoms with E-state index in [-0.39, 0.29) is 28.0 Å². The predicted molar refractivity (Wildman–Crippen MR) is 120 cm³/mol. The minimum Gasteiger partial charge on any atom is -0.354 e. The van der Waals surface area contributed by atoms with Crippen LogP contribution in [0.5, 0.6) is 0 Å². The molecule has 3 aromatic carbocycles. The van der Waals surface area contributed by atoms with Gasteiger partial charge in [0.05, 0.1) is 15.6 Å². The smallest absolute Gasteiger partial charge is 0.264 e. The van der Waals surface area contributed by atoms with Gasteiger partial charge in [0.15, 0.2) is 0 Å². The van der Waals surface area contributed by atoms with Crippen LogP contribution in [0.25, 0.3) is 0 Å². The predicted octanol–water partition coefficient (Wildman–Crippen LogP) is 4.34. The fraction of sp³-hybridized carbons (Fsp3) is 0.174. The van der Waals surface area contributed by atoms with Gasteiger partial charge in [-0.3, -0.25) is 9.10 Å². The monoisotopic (exact) mass is 460 g/mol. The van der Waals surface area contributed by atoms with Crippen LogP contribution in [0.1, 0.15) is 11.1 Å². The van der Waals surface area contributed by atoms with Gasteiger partial charge < -0.3 is 5.32 Å². The SMILES string of the molecule is Cc1ccc(S(=O)(=O)N(CC(=O)NCCc2ccc(F)cc2)c2ccccc2Cl)cc1. The third-order valence-corrected chi connectivity index (χ3v) is 6.76. The average Bonchev–Trinajstić information content (AvgIpc) is 2.74. The van der Waals surface area contributed by atoms with Crippen LogP contribution in [0.2, 0.25) is 5.02 Å². The zero-order valence-corrected chi connectivity index (χ0v) is 18.5. The Labute approximate surface area is 186 Å². The Kier molecular flexibility index (Phi) is 7.30. The molecule has 1 N–H and O–H groups in total. The molecule has 0 saturated heterocycles. The van der Waals surface area contributed by atoms with Crippen LogP contribution in [0.15, 0.2) is 77.7 Å². The number of halogens is 2. The number of amides is 1. The third-order valence-electron chi connectivity index (χ3n) is 4.67. The lowest BCUT2D eigenvalue weighted by Gasteiger charge is -2.25. The molecule has 31 heavy (non-hydrogen) atoms. The molecule has 0 fully saturated rings. The van der Waals surface area contributed by atoms with Crippen molar-refractivity contribution in [3.63, 3.8) is 0 Å². The molecule has 162 valence electrons. The van der Waals surface area contributed by atoms with Crippen LogP contribution in [0.4, 0.5) is 10.1 Å². The fourth-order valence-electron chi connectivity index (χ4n) is 2.97. The van der Waals surface area contributed by atoms with Crippen molar-refractivity contribution in [1.82, 2.24) is 5.32 Å². The van der Waals surface area contributed by atoms with E-state index in [0.717, 1.165) is 15.4 Å². The van der Waals surface area contributed by atoms with E-state index in [1.54, 1.807) is 48.5 Å². The Morgan fingerprint density at radius 1 is 1.00 bits per heavy atom. The van der Waals surface area contributed by atoms with Gasteiger partial charge in [0.2, 0.25) is 5.91 Å². The normalized spacial score (nSPS) is 11.2. The third kappa shape index (κ3) is 5.83. The number of hydrogen-bond acceptors (Lipinski definition) is 3. The van der Waals surface area contributed by atoms with E-state index >= 15 is 0 Å². The number of carbonyl (C=O) groups is 1. The van der Waals surface area contributed by atoms with Crippen LogP contribution in [0, 0.1) is 12.7 Å². The van der Waals surface area contributed by atoms with Crippen molar-refractivity contribution in [3.8, 4) is 0 Å². The first-order valence-electron chi connectivity index (χ1n) is 9.62. The summed E-state index contributed by atoms with van der Waals surface area (Å²) >= 11 is 6.25. The first-order chi connectivity index (χ1) is 14.8. The summed E-state index contributed by atoms with van der Waals surface area (Å²) in [6.07, 6.45) is 0.489. The molecule has 5 nitrogen and oxygen atoms in total. The molecule has 0 spiro atoms. The van der Waals surface area contributed by atoms with E-state index < -0.39 is 22.5 Å². The minimum atomic E-state index is -4.02. The van der Waals surface area contributed by atoms with Gasteiger partial charge in [-0.2, -0.15) is 0 Å². The van der Waals surface area contributed by atoms with E-state index in [0.29, 0.717) is 6.42 Å². The van der Waals surface area contributed by atoms with Crippen LogP contribution >= 0.6 is 11.6 Å². The summed E-state index contributed by atoms with van der Waals surface area (Å²) in [5.74, 6) is -0.804. The van der Waals surface area contributed by atoms with Crippen LogP contribution in [0.3, 0.4) is 0 Å². The Bertz CT molecular complexity index is 1150. The summed E-state index contributed by atoms with van der Waals surface area (Å²) < 4.78 is 40.6. The van der Waals surface area contributed by atoms with E-state index in [1.807, 2.05) is 6.92 Å². The summed E-state index contributed by atoms with van der Waals surface area (Å²) in [6.45, 7) is 1.71. The highest BCUT2D eigenvalue weighted by molar-refractivity contribution is 7.92. The van der Waals surface area contributed by atoms with Gasteiger partial charge in [0.25, 0.3) is 10.0 Å². The average molecular weight is 461 g/mol. The molecular formula is C23H22ClFN2O3S. The van der Waals surface area contributed by atoms with Gasteiger partial charge in [-0.05, 0) is 55.3 Å². The molecule has 0 saturated carbocycles. The second-order valence-corrected chi connectivity index (χ2v) is 9.27. The molecule has 0 aliphatic carbocycles. The Balaban J connectivity index is 1.78. The fourth-order valence-corrected chi connectivity index (χ4v) is 4.70. The van der Waals surface area contributed by atoms with Crippen molar-refractivity contribution < 1.29 is 17.6 Å². The number of nitrogens with zero attached hydrogens (tertiary/aromatic N) is 1. The molecule has 0 unspecified atom stereocenters. The molecule has 8 heteroatoms. The highest BCUT2D eigenvalue weighted by Crippen LogP contribution is 2.30. The van der Waals surface area contributed by atoms with Crippen molar-refractivity contribution in [3.05, 3.63) is 94.8 Å². The molecule has 0 aromatic heterocycles. The van der Waals surface area contributed by atoms with Gasteiger partial charge >= 0.3 is 0 Å². The zero-order chi connectivity index (χ0) is 22.4. The van der Waals surface area contributed by atoms with Gasteiger partial charge in [-0.25, -0.2) is 12.8 Å². The maximum atomic E-state index is 13.3. The quantitative estimate of drug-likeness (QED) is 0.543. The van der Waals surface area contributed by atoms with Crippen molar-refractivity contribution in [2.24, 2.45) is 0 Å². The van der Waals surface area contributed by atoms with Gasteiger partial charge in [0, 0.05) is 6.54 Å². The maximum absolute atomic E-state index is 13.3. The maximum Gasteiger partial charge on any atom is 0.264 e. The molecular weight excluding hydrogens is 439 g/mol. The molecule has 3 aromatic rings. The molecule has 3 rings (SSSR count). The molecule has 0 aliphatic rings. The lowest BCUT2D eigenvalue weighted by molar-refractivity contribution is -0.119. The standard InChI is InChI=1S/C23H22ClFN2O3S/c1-17-6-12-20(13-7-17)31(29,30)27(22-5-3-2-4-21(22)24)16-23(28)26-15-14-18-8-10-19(25)11-9-18/h2-13H,14-16H2,1H3,(H,26,28). The van der Waals surface area contributed by atoms with Crippen molar-refractivity contribution in [1.29, 1.82) is 0 Å². The first-order valence-corrected chi connectivity index (χ1v) is 11.4. The van der Waals surface area contributed by atoms with Crippen LogP contribution < -0.4 is 9.62 Å². The van der Waals surface area contributed by atoms with Crippen molar-refractivity contribution in [2.75, 3.05) is 17.4 Å². The zero-order valence-electron chi connectivity index (χ0n) is 16.9. The second-order valence-electron chi connectivity index (χ2n) is 7.00. The number of para-hydroxylation sites is 1. The number of benzene rings is 3. The minimum absolute atomic E-state index is 0.0668. The number of rotatable bonds is 8. The van der Waals surface area contributed by atoms with Gasteiger partial charge in [-0.15, -0.1) is 0 Å². The highest BCUT2D eigenvalue weighted by Gasteiger charge is 2.28. The summed E-state index contributed by atoms with van der Waals surface area (Å²) in [4.78, 5) is 12.7. The summed E-state index contributed by atoms with van der Waals surface area (Å²) in [7, 11) is -4.02. The molecule has 0 aliphatic heterocycles. The lowest BCUT2D eigenvalue weighted by Crippen LogP contribution is -2.41. The van der Waals surface area contributed by atoms with E-state index in [1.165, 1.54) is 24.3 Å².